The largest absolute Gasteiger partial charge is 0.198 e. The van der Waals surface area contributed by atoms with Gasteiger partial charge in [0.25, 0.3) is 0 Å². The Morgan fingerprint density at radius 1 is 0.704 bits per heavy atom. The number of rotatable bonds is 7. The van der Waals surface area contributed by atoms with Crippen LogP contribution >= 0.6 is 0 Å². The zero-order valence-electron chi connectivity index (χ0n) is 18.4. The van der Waals surface area contributed by atoms with E-state index in [2.05, 4.69) is 19.9 Å². The average molecular weight is 372 g/mol. The molecule has 0 heterocycles. The molecule has 0 aromatic rings. The number of hydrogen-bond acceptors (Lipinski definition) is 1. The van der Waals surface area contributed by atoms with Gasteiger partial charge in [-0.2, -0.15) is 5.26 Å². The first-order valence-electron chi connectivity index (χ1n) is 12.5. The minimum absolute atomic E-state index is 0.0110. The Labute approximate surface area is 169 Å². The maximum absolute atomic E-state index is 9.37. The Morgan fingerprint density at radius 3 is 1.67 bits per heavy atom. The summed E-state index contributed by atoms with van der Waals surface area (Å²) in [6, 6.07) is 2.58. The van der Waals surface area contributed by atoms with E-state index in [1.807, 2.05) is 0 Å². The van der Waals surface area contributed by atoms with Crippen LogP contribution in [0.4, 0.5) is 0 Å². The second-order valence-corrected chi connectivity index (χ2v) is 10.8. The number of nitriles is 1. The van der Waals surface area contributed by atoms with Crippen LogP contribution in [0, 0.1) is 46.3 Å². The van der Waals surface area contributed by atoms with E-state index in [0.29, 0.717) is 0 Å². The summed E-state index contributed by atoms with van der Waals surface area (Å²) in [5.74, 6) is 5.10. The lowest BCUT2D eigenvalue weighted by molar-refractivity contribution is 0.0962. The summed E-state index contributed by atoms with van der Waals surface area (Å²) in [5.41, 5.74) is -0.0110. The third kappa shape index (κ3) is 5.98. The molecule has 0 saturated heterocycles. The molecule has 0 N–H and O–H groups in total. The molecule has 0 aromatic carbocycles. The zero-order chi connectivity index (χ0) is 19.1. The average Bonchev–Trinajstić information content (AvgIpc) is 2.72. The minimum Gasteiger partial charge on any atom is -0.198 e. The quantitative estimate of drug-likeness (QED) is 0.413. The Bertz CT molecular complexity index is 451. The topological polar surface area (TPSA) is 23.8 Å². The monoisotopic (exact) mass is 371 g/mol. The summed E-state index contributed by atoms with van der Waals surface area (Å²) in [7, 11) is 0. The van der Waals surface area contributed by atoms with Crippen LogP contribution in [0.5, 0.6) is 0 Å². The zero-order valence-corrected chi connectivity index (χ0v) is 18.4. The van der Waals surface area contributed by atoms with Crippen molar-refractivity contribution in [3.63, 3.8) is 0 Å². The molecule has 0 radical (unpaired) electrons. The number of unbranched alkanes of at least 4 members (excludes halogenated alkanes) is 3. The lowest BCUT2D eigenvalue weighted by Crippen LogP contribution is -2.31. The maximum Gasteiger partial charge on any atom is 0.0686 e. The SMILES string of the molecule is CCCCCC[C@H]1CC[C@H](C2CCC([C@H]3CC[C@](C)(C#N)CC3)CC2)CC1. The van der Waals surface area contributed by atoms with Crippen molar-refractivity contribution < 1.29 is 0 Å². The predicted octanol–water partition coefficient (Wildman–Crippen LogP) is 8.29. The lowest BCUT2D eigenvalue weighted by Gasteiger charge is -2.42. The van der Waals surface area contributed by atoms with E-state index >= 15 is 0 Å². The third-order valence-electron chi connectivity index (χ3n) is 8.91. The first-order valence-corrected chi connectivity index (χ1v) is 12.5. The molecule has 3 rings (SSSR count). The number of nitrogens with zero attached hydrogens (tertiary/aromatic N) is 1. The highest BCUT2D eigenvalue weighted by molar-refractivity contribution is 4.99. The van der Waals surface area contributed by atoms with Gasteiger partial charge in [0.2, 0.25) is 0 Å². The standard InChI is InChI=1S/C26H45N/c1-3-4-5-6-7-21-8-10-22(11-9-21)23-12-14-24(15-13-23)25-16-18-26(2,20-27)19-17-25/h21-25H,3-19H2,1-2H3/t21-,22-,23?,24?,25-,26-. The molecule has 0 amide bonds. The van der Waals surface area contributed by atoms with Crippen molar-refractivity contribution in [2.75, 3.05) is 0 Å². The fraction of sp³-hybridized carbons (Fsp3) is 0.962. The smallest absolute Gasteiger partial charge is 0.0686 e. The van der Waals surface area contributed by atoms with E-state index in [1.54, 1.807) is 0 Å². The second-order valence-electron chi connectivity index (χ2n) is 10.8. The highest BCUT2D eigenvalue weighted by Crippen LogP contribution is 2.48. The van der Waals surface area contributed by atoms with E-state index in [4.69, 9.17) is 0 Å². The highest BCUT2D eigenvalue weighted by Gasteiger charge is 2.37. The van der Waals surface area contributed by atoms with Gasteiger partial charge in [0.1, 0.15) is 0 Å². The Kier molecular flexibility index (Phi) is 8.10. The van der Waals surface area contributed by atoms with Crippen molar-refractivity contribution in [1.29, 1.82) is 5.26 Å². The third-order valence-corrected chi connectivity index (χ3v) is 8.91. The van der Waals surface area contributed by atoms with Gasteiger partial charge < -0.3 is 0 Å². The molecule has 1 nitrogen and oxygen atoms in total. The molecule has 0 atom stereocenters. The van der Waals surface area contributed by atoms with Crippen LogP contribution in [-0.2, 0) is 0 Å². The molecule has 0 bridgehead atoms. The molecular weight excluding hydrogens is 326 g/mol. The summed E-state index contributed by atoms with van der Waals surface area (Å²) in [5, 5.41) is 9.37. The summed E-state index contributed by atoms with van der Waals surface area (Å²) in [6.07, 6.45) is 24.4. The minimum atomic E-state index is -0.0110. The second kappa shape index (κ2) is 10.3. The van der Waals surface area contributed by atoms with Crippen LogP contribution in [0.1, 0.15) is 123 Å². The van der Waals surface area contributed by atoms with Gasteiger partial charge in [-0.1, -0.05) is 51.9 Å². The predicted molar refractivity (Wildman–Crippen MR) is 115 cm³/mol. The summed E-state index contributed by atoms with van der Waals surface area (Å²) >= 11 is 0. The molecule has 27 heavy (non-hydrogen) atoms. The molecule has 0 aromatic heterocycles. The van der Waals surface area contributed by atoms with Crippen LogP contribution in [-0.4, -0.2) is 0 Å². The van der Waals surface area contributed by atoms with Gasteiger partial charge in [-0.15, -0.1) is 0 Å². The summed E-state index contributed by atoms with van der Waals surface area (Å²) in [4.78, 5) is 0. The van der Waals surface area contributed by atoms with Gasteiger partial charge in [0.15, 0.2) is 0 Å². The number of hydrogen-bond donors (Lipinski definition) is 0. The van der Waals surface area contributed by atoms with Crippen LogP contribution < -0.4 is 0 Å². The van der Waals surface area contributed by atoms with Gasteiger partial charge in [0, 0.05) is 0 Å². The van der Waals surface area contributed by atoms with Crippen LogP contribution in [0.15, 0.2) is 0 Å². The molecule has 154 valence electrons. The first kappa shape index (κ1) is 21.2. The molecule has 0 aliphatic heterocycles. The van der Waals surface area contributed by atoms with E-state index in [-0.39, 0.29) is 5.41 Å². The van der Waals surface area contributed by atoms with Gasteiger partial charge in [0.05, 0.1) is 11.5 Å². The van der Waals surface area contributed by atoms with E-state index in [9.17, 15) is 5.26 Å². The van der Waals surface area contributed by atoms with Crippen molar-refractivity contribution in [2.45, 2.75) is 123 Å². The molecule has 3 aliphatic carbocycles. The van der Waals surface area contributed by atoms with Crippen molar-refractivity contribution in [1.82, 2.24) is 0 Å². The first-order chi connectivity index (χ1) is 13.1. The normalized spacial score (nSPS) is 40.4. The summed E-state index contributed by atoms with van der Waals surface area (Å²) in [6.45, 7) is 4.50. The van der Waals surface area contributed by atoms with E-state index < -0.39 is 0 Å². The van der Waals surface area contributed by atoms with E-state index in [1.165, 1.54) is 96.3 Å². The molecule has 3 saturated carbocycles. The Morgan fingerprint density at radius 2 is 1.19 bits per heavy atom. The van der Waals surface area contributed by atoms with Gasteiger partial charge in [-0.05, 0) is 101 Å². The fourth-order valence-electron chi connectivity index (χ4n) is 6.76. The van der Waals surface area contributed by atoms with Crippen molar-refractivity contribution >= 4 is 0 Å². The van der Waals surface area contributed by atoms with Crippen molar-refractivity contribution in [2.24, 2.45) is 35.0 Å². The van der Waals surface area contributed by atoms with Crippen molar-refractivity contribution in [3.05, 3.63) is 0 Å². The fourth-order valence-corrected chi connectivity index (χ4v) is 6.76. The van der Waals surface area contributed by atoms with Gasteiger partial charge >= 0.3 is 0 Å². The van der Waals surface area contributed by atoms with Gasteiger partial charge in [-0.3, -0.25) is 0 Å². The molecule has 3 aliphatic rings. The Balaban J connectivity index is 1.33. The molecule has 0 unspecified atom stereocenters. The molecule has 3 fully saturated rings. The lowest BCUT2D eigenvalue weighted by atomic mass is 9.63. The van der Waals surface area contributed by atoms with Crippen LogP contribution in [0.3, 0.4) is 0 Å². The molecular formula is C26H45N. The summed E-state index contributed by atoms with van der Waals surface area (Å²) < 4.78 is 0. The molecule has 0 spiro atoms. The highest BCUT2D eigenvalue weighted by atomic mass is 14.4. The van der Waals surface area contributed by atoms with Gasteiger partial charge in [-0.25, -0.2) is 0 Å². The van der Waals surface area contributed by atoms with Crippen LogP contribution in [0.25, 0.3) is 0 Å². The van der Waals surface area contributed by atoms with Crippen molar-refractivity contribution in [3.8, 4) is 6.07 Å². The van der Waals surface area contributed by atoms with E-state index in [0.717, 1.165) is 42.4 Å². The maximum atomic E-state index is 9.37. The molecule has 1 heteroatoms. The Hall–Kier alpha value is -0.510. The van der Waals surface area contributed by atoms with Crippen LogP contribution in [0.2, 0.25) is 0 Å².